The van der Waals surface area contributed by atoms with Crippen LogP contribution < -0.4 is 10.9 Å². The fourth-order valence-electron chi connectivity index (χ4n) is 6.14. The van der Waals surface area contributed by atoms with E-state index in [1.54, 1.807) is 16.8 Å². The van der Waals surface area contributed by atoms with Crippen molar-refractivity contribution in [2.45, 2.75) is 39.7 Å². The number of halogens is 1. The van der Waals surface area contributed by atoms with Crippen LogP contribution in [0.3, 0.4) is 0 Å². The minimum absolute atomic E-state index is 0.0102. The van der Waals surface area contributed by atoms with Gasteiger partial charge in [-0.05, 0) is 75.1 Å². The molecule has 6 rings (SSSR count). The number of aryl methyl sites for hydroxylation is 2. The summed E-state index contributed by atoms with van der Waals surface area (Å²) in [5, 5.41) is 4.21. The van der Waals surface area contributed by atoms with E-state index < -0.39 is 0 Å². The Morgan fingerprint density at radius 1 is 1.18 bits per heavy atom. The van der Waals surface area contributed by atoms with Crippen molar-refractivity contribution in [1.82, 2.24) is 19.0 Å². The van der Waals surface area contributed by atoms with Gasteiger partial charge in [0.1, 0.15) is 11.5 Å². The standard InChI is InChI=1S/C31H32FN5O2/c1-18-15-22(20(3)38)16-25(32)29(18)21-7-12-36(13-8-21)19(2)28-17-24-27(6-11-34-30(24)35(28)4)37-14-9-26-23(31(37)39)5-10-33-26/h6-7,9,11,14-17,19,33H,5,8,10,12-13H2,1-4H3. The van der Waals surface area contributed by atoms with Crippen molar-refractivity contribution < 1.29 is 9.18 Å². The lowest BCUT2D eigenvalue weighted by molar-refractivity contribution is 0.101. The minimum Gasteiger partial charge on any atom is -0.384 e. The van der Waals surface area contributed by atoms with E-state index in [9.17, 15) is 14.0 Å². The number of rotatable bonds is 5. The van der Waals surface area contributed by atoms with Crippen LogP contribution in [0.15, 0.2) is 53.6 Å². The number of ketones is 1. The van der Waals surface area contributed by atoms with Crippen LogP contribution in [0.4, 0.5) is 10.1 Å². The number of carbonyl (C=O) groups is 1. The average molecular weight is 526 g/mol. The largest absolute Gasteiger partial charge is 0.384 e. The fraction of sp³-hybridized carbons (Fsp3) is 0.323. The second-order valence-corrected chi connectivity index (χ2v) is 10.6. The monoisotopic (exact) mass is 525 g/mol. The molecule has 1 atom stereocenters. The van der Waals surface area contributed by atoms with Gasteiger partial charge in [0, 0.05) is 78.6 Å². The first kappa shape index (κ1) is 25.2. The van der Waals surface area contributed by atoms with Crippen LogP contribution in [-0.2, 0) is 13.5 Å². The van der Waals surface area contributed by atoms with Crippen LogP contribution in [0, 0.1) is 12.7 Å². The van der Waals surface area contributed by atoms with Gasteiger partial charge in [-0.1, -0.05) is 6.08 Å². The molecule has 2 aliphatic rings. The van der Waals surface area contributed by atoms with Crippen molar-refractivity contribution >= 4 is 28.1 Å². The summed E-state index contributed by atoms with van der Waals surface area (Å²) in [6, 6.07) is 9.23. The number of pyridine rings is 2. The van der Waals surface area contributed by atoms with Crippen molar-refractivity contribution in [3.8, 4) is 5.69 Å². The van der Waals surface area contributed by atoms with Gasteiger partial charge in [0.15, 0.2) is 5.78 Å². The first-order valence-electron chi connectivity index (χ1n) is 13.4. The Morgan fingerprint density at radius 3 is 2.72 bits per heavy atom. The first-order chi connectivity index (χ1) is 18.7. The highest BCUT2D eigenvalue weighted by molar-refractivity contribution is 5.95. The summed E-state index contributed by atoms with van der Waals surface area (Å²) in [4.78, 5) is 32.0. The van der Waals surface area contributed by atoms with Crippen molar-refractivity contribution in [3.05, 3.63) is 92.9 Å². The maximum absolute atomic E-state index is 15.0. The molecule has 0 aliphatic carbocycles. The number of hydrogen-bond acceptors (Lipinski definition) is 5. The summed E-state index contributed by atoms with van der Waals surface area (Å²) >= 11 is 0. The number of hydrogen-bond donors (Lipinski definition) is 1. The molecular weight excluding hydrogens is 493 g/mol. The molecule has 1 unspecified atom stereocenters. The van der Waals surface area contributed by atoms with E-state index in [1.807, 2.05) is 32.3 Å². The predicted octanol–water partition coefficient (Wildman–Crippen LogP) is 5.19. The third-order valence-corrected chi connectivity index (χ3v) is 8.32. The van der Waals surface area contributed by atoms with Crippen LogP contribution in [0.25, 0.3) is 22.3 Å². The SMILES string of the molecule is CC(=O)c1cc(C)c(C2=CCN(C(C)c3cc4c(-n5ccc6c(c5=O)CCN6)ccnc4n3C)CC2)c(F)c1. The molecule has 0 saturated heterocycles. The molecule has 1 N–H and O–H groups in total. The predicted molar refractivity (Wildman–Crippen MR) is 152 cm³/mol. The number of aromatic nitrogens is 3. The van der Waals surface area contributed by atoms with Gasteiger partial charge < -0.3 is 9.88 Å². The molecule has 7 nitrogen and oxygen atoms in total. The van der Waals surface area contributed by atoms with Gasteiger partial charge >= 0.3 is 0 Å². The summed E-state index contributed by atoms with van der Waals surface area (Å²) < 4.78 is 18.8. The Labute approximate surface area is 226 Å². The number of carbonyl (C=O) groups excluding carboxylic acids is 1. The van der Waals surface area contributed by atoms with E-state index in [-0.39, 0.29) is 23.2 Å². The molecule has 0 saturated carbocycles. The normalized spacial score (nSPS) is 16.2. The van der Waals surface area contributed by atoms with E-state index in [0.717, 1.165) is 64.3 Å². The number of benzene rings is 1. The summed E-state index contributed by atoms with van der Waals surface area (Å²) in [6.45, 7) is 7.74. The topological polar surface area (TPSA) is 72.2 Å². The molecule has 1 aromatic carbocycles. The lowest BCUT2D eigenvalue weighted by Gasteiger charge is -2.32. The minimum atomic E-state index is -0.335. The van der Waals surface area contributed by atoms with Crippen LogP contribution in [0.1, 0.15) is 59.1 Å². The van der Waals surface area contributed by atoms with Gasteiger partial charge in [-0.25, -0.2) is 9.37 Å². The van der Waals surface area contributed by atoms with Crippen LogP contribution in [0.5, 0.6) is 0 Å². The molecular formula is C31H32FN5O2. The van der Waals surface area contributed by atoms with Crippen molar-refractivity contribution in [2.75, 3.05) is 25.0 Å². The number of fused-ring (bicyclic) bond motifs is 2. The molecule has 4 aromatic rings. The smallest absolute Gasteiger partial charge is 0.260 e. The Hall–Kier alpha value is -4.04. The van der Waals surface area contributed by atoms with Gasteiger partial charge in [-0.15, -0.1) is 0 Å². The molecule has 5 heterocycles. The second kappa shape index (κ2) is 9.61. The van der Waals surface area contributed by atoms with Gasteiger partial charge in [0.25, 0.3) is 5.56 Å². The van der Waals surface area contributed by atoms with E-state index in [1.165, 1.54) is 13.0 Å². The van der Waals surface area contributed by atoms with E-state index >= 15 is 0 Å². The molecule has 39 heavy (non-hydrogen) atoms. The van der Waals surface area contributed by atoms with Gasteiger partial charge in [-0.2, -0.15) is 0 Å². The molecule has 0 radical (unpaired) electrons. The Bertz CT molecular complexity index is 1710. The fourth-order valence-corrected chi connectivity index (χ4v) is 6.14. The number of anilines is 1. The molecule has 2 aliphatic heterocycles. The Kier molecular flexibility index (Phi) is 6.22. The highest BCUT2D eigenvalue weighted by Crippen LogP contribution is 2.34. The number of nitrogens with zero attached hydrogens (tertiary/aromatic N) is 4. The van der Waals surface area contributed by atoms with Gasteiger partial charge in [0.05, 0.1) is 5.69 Å². The zero-order valence-electron chi connectivity index (χ0n) is 22.7. The van der Waals surface area contributed by atoms with E-state index in [0.29, 0.717) is 24.1 Å². The van der Waals surface area contributed by atoms with E-state index in [2.05, 4.69) is 38.8 Å². The molecule has 0 bridgehead atoms. The highest BCUT2D eigenvalue weighted by atomic mass is 19.1. The third-order valence-electron chi connectivity index (χ3n) is 8.32. The van der Waals surface area contributed by atoms with Crippen LogP contribution in [0.2, 0.25) is 0 Å². The number of Topliss-reactive ketones (excluding diaryl/α,β-unsaturated/α-hetero) is 1. The van der Waals surface area contributed by atoms with Gasteiger partial charge in [-0.3, -0.25) is 19.1 Å². The molecule has 8 heteroatoms. The maximum atomic E-state index is 15.0. The van der Waals surface area contributed by atoms with Crippen molar-refractivity contribution in [3.63, 3.8) is 0 Å². The summed E-state index contributed by atoms with van der Waals surface area (Å²) in [5.74, 6) is -0.468. The number of nitrogens with one attached hydrogen (secondary N) is 1. The molecule has 3 aromatic heterocycles. The molecule has 200 valence electrons. The highest BCUT2D eigenvalue weighted by Gasteiger charge is 2.25. The zero-order valence-corrected chi connectivity index (χ0v) is 22.7. The quantitative estimate of drug-likeness (QED) is 0.363. The van der Waals surface area contributed by atoms with Crippen LogP contribution >= 0.6 is 0 Å². The van der Waals surface area contributed by atoms with Crippen molar-refractivity contribution in [2.24, 2.45) is 7.05 Å². The Morgan fingerprint density at radius 2 is 2.00 bits per heavy atom. The first-order valence-corrected chi connectivity index (χ1v) is 13.4. The maximum Gasteiger partial charge on any atom is 0.260 e. The van der Waals surface area contributed by atoms with E-state index in [4.69, 9.17) is 0 Å². The third kappa shape index (κ3) is 4.19. The summed E-state index contributed by atoms with van der Waals surface area (Å²) in [6.07, 6.45) is 7.14. The molecule has 0 spiro atoms. The van der Waals surface area contributed by atoms with Crippen molar-refractivity contribution in [1.29, 1.82) is 0 Å². The lowest BCUT2D eigenvalue weighted by Crippen LogP contribution is -2.32. The summed E-state index contributed by atoms with van der Waals surface area (Å²) in [5.41, 5.74) is 7.31. The molecule has 0 fully saturated rings. The van der Waals surface area contributed by atoms with Gasteiger partial charge in [0.2, 0.25) is 0 Å². The summed E-state index contributed by atoms with van der Waals surface area (Å²) in [7, 11) is 2.01. The average Bonchev–Trinajstić information content (AvgIpc) is 3.54. The zero-order chi connectivity index (χ0) is 27.4. The Balaban J connectivity index is 1.31. The lowest BCUT2D eigenvalue weighted by atomic mass is 9.92. The molecule has 0 amide bonds. The second-order valence-electron chi connectivity index (χ2n) is 10.6. The van der Waals surface area contributed by atoms with Crippen LogP contribution in [-0.4, -0.2) is 44.4 Å².